The Bertz CT molecular complexity index is 564. The van der Waals surface area contributed by atoms with Crippen LogP contribution in [0.5, 0.6) is 11.6 Å². The molecule has 0 aliphatic heterocycles. The fourth-order valence-electron chi connectivity index (χ4n) is 1.93. The quantitative estimate of drug-likeness (QED) is 0.864. The second-order valence-corrected chi connectivity index (χ2v) is 4.30. The van der Waals surface area contributed by atoms with E-state index in [1.54, 1.807) is 4.68 Å². The van der Waals surface area contributed by atoms with Gasteiger partial charge in [-0.15, -0.1) is 0 Å². The molecule has 2 aromatic rings. The minimum atomic E-state index is 0.0852. The Kier molecular flexibility index (Phi) is 4.06. The highest BCUT2D eigenvalue weighted by atomic mass is 16.5. The summed E-state index contributed by atoms with van der Waals surface area (Å²) < 4.78 is 7.64. The van der Waals surface area contributed by atoms with Crippen LogP contribution >= 0.6 is 0 Å². The number of para-hydroxylation sites is 1. The van der Waals surface area contributed by atoms with E-state index in [-0.39, 0.29) is 6.61 Å². The predicted octanol–water partition coefficient (Wildman–Crippen LogP) is 2.12. The van der Waals surface area contributed by atoms with Gasteiger partial charge in [0, 0.05) is 13.2 Å². The van der Waals surface area contributed by atoms with Crippen molar-refractivity contribution in [2.75, 3.05) is 12.3 Å². The molecule has 0 atom stereocenters. The normalized spacial score (nSPS) is 10.7. The number of nitrogens with zero attached hydrogens (tertiary/aromatic N) is 2. The van der Waals surface area contributed by atoms with Gasteiger partial charge < -0.3 is 15.6 Å². The third-order valence-corrected chi connectivity index (χ3v) is 2.99. The Labute approximate surface area is 112 Å². The molecule has 0 radical (unpaired) electrons. The van der Waals surface area contributed by atoms with Gasteiger partial charge in [-0.1, -0.05) is 18.2 Å². The number of anilines is 1. The molecule has 0 unspecified atom stereocenters. The van der Waals surface area contributed by atoms with Crippen molar-refractivity contribution in [1.82, 2.24) is 9.78 Å². The van der Waals surface area contributed by atoms with E-state index in [0.29, 0.717) is 30.3 Å². The SMILES string of the molecule is CCn1nc(C)c(N)c1Oc1ccccc1CCO. The van der Waals surface area contributed by atoms with Crippen LogP contribution in [0.15, 0.2) is 24.3 Å². The van der Waals surface area contributed by atoms with Gasteiger partial charge in [-0.25, -0.2) is 4.68 Å². The smallest absolute Gasteiger partial charge is 0.241 e. The van der Waals surface area contributed by atoms with Gasteiger partial charge in [0.2, 0.25) is 5.88 Å². The highest BCUT2D eigenvalue weighted by Crippen LogP contribution is 2.31. The van der Waals surface area contributed by atoms with Crippen LogP contribution in [0.2, 0.25) is 0 Å². The number of rotatable bonds is 5. The van der Waals surface area contributed by atoms with Crippen molar-refractivity contribution in [3.8, 4) is 11.6 Å². The number of benzene rings is 1. The maximum Gasteiger partial charge on any atom is 0.241 e. The lowest BCUT2D eigenvalue weighted by molar-refractivity contribution is 0.297. The molecular weight excluding hydrogens is 242 g/mol. The number of hydrogen-bond donors (Lipinski definition) is 2. The van der Waals surface area contributed by atoms with E-state index < -0.39 is 0 Å². The van der Waals surface area contributed by atoms with Gasteiger partial charge in [0.1, 0.15) is 11.4 Å². The van der Waals surface area contributed by atoms with Crippen molar-refractivity contribution in [3.63, 3.8) is 0 Å². The topological polar surface area (TPSA) is 73.3 Å². The molecule has 0 saturated heterocycles. The first-order valence-corrected chi connectivity index (χ1v) is 6.36. The third-order valence-electron chi connectivity index (χ3n) is 2.99. The summed E-state index contributed by atoms with van der Waals surface area (Å²) in [6.45, 7) is 4.61. The zero-order valence-electron chi connectivity index (χ0n) is 11.3. The van der Waals surface area contributed by atoms with Gasteiger partial charge in [-0.2, -0.15) is 5.10 Å². The summed E-state index contributed by atoms with van der Waals surface area (Å²) in [7, 11) is 0. The van der Waals surface area contributed by atoms with Crippen LogP contribution in [0.3, 0.4) is 0 Å². The second-order valence-electron chi connectivity index (χ2n) is 4.30. The van der Waals surface area contributed by atoms with Gasteiger partial charge in [0.25, 0.3) is 0 Å². The second kappa shape index (κ2) is 5.75. The average molecular weight is 261 g/mol. The molecule has 0 saturated carbocycles. The van der Waals surface area contributed by atoms with Crippen molar-refractivity contribution in [3.05, 3.63) is 35.5 Å². The molecule has 5 heteroatoms. The Morgan fingerprint density at radius 2 is 2.11 bits per heavy atom. The molecule has 0 fully saturated rings. The van der Waals surface area contributed by atoms with Crippen LogP contribution in [-0.4, -0.2) is 21.5 Å². The summed E-state index contributed by atoms with van der Waals surface area (Å²) in [6.07, 6.45) is 0.551. The van der Waals surface area contributed by atoms with E-state index in [4.69, 9.17) is 15.6 Å². The van der Waals surface area contributed by atoms with Crippen LogP contribution in [0, 0.1) is 6.92 Å². The number of nitrogens with two attached hydrogens (primary N) is 1. The van der Waals surface area contributed by atoms with E-state index in [1.165, 1.54) is 0 Å². The standard InChI is InChI=1S/C14H19N3O2/c1-3-17-14(13(15)10(2)16-17)19-12-7-5-4-6-11(12)8-9-18/h4-7,18H,3,8-9,15H2,1-2H3. The summed E-state index contributed by atoms with van der Waals surface area (Å²) in [6, 6.07) is 7.61. The predicted molar refractivity (Wildman–Crippen MR) is 74.4 cm³/mol. The Hall–Kier alpha value is -2.01. The van der Waals surface area contributed by atoms with Crippen molar-refractivity contribution in [1.29, 1.82) is 0 Å². The molecule has 102 valence electrons. The first-order valence-electron chi connectivity index (χ1n) is 6.36. The summed E-state index contributed by atoms with van der Waals surface area (Å²) >= 11 is 0. The summed E-state index contributed by atoms with van der Waals surface area (Å²) in [5, 5.41) is 13.4. The van der Waals surface area contributed by atoms with Crippen molar-refractivity contribution >= 4 is 5.69 Å². The molecule has 0 amide bonds. The molecule has 0 bridgehead atoms. The van der Waals surface area contributed by atoms with Crippen molar-refractivity contribution in [2.24, 2.45) is 0 Å². The van der Waals surface area contributed by atoms with E-state index in [0.717, 1.165) is 11.3 Å². The van der Waals surface area contributed by atoms with E-state index in [9.17, 15) is 0 Å². The number of ether oxygens (including phenoxy) is 1. The molecule has 0 aliphatic carbocycles. The zero-order chi connectivity index (χ0) is 13.8. The summed E-state index contributed by atoms with van der Waals surface area (Å²) in [5.41, 5.74) is 8.26. The van der Waals surface area contributed by atoms with E-state index in [2.05, 4.69) is 5.10 Å². The van der Waals surface area contributed by atoms with Crippen molar-refractivity contribution in [2.45, 2.75) is 26.8 Å². The number of nitrogen functional groups attached to an aromatic ring is 1. The van der Waals surface area contributed by atoms with Crippen LogP contribution in [0.25, 0.3) is 0 Å². The summed E-state index contributed by atoms with van der Waals surface area (Å²) in [5.74, 6) is 1.27. The minimum absolute atomic E-state index is 0.0852. The number of aliphatic hydroxyl groups excluding tert-OH is 1. The monoisotopic (exact) mass is 261 g/mol. The molecule has 0 aliphatic rings. The molecular formula is C14H19N3O2. The molecule has 3 N–H and O–H groups in total. The molecule has 1 aromatic carbocycles. The van der Waals surface area contributed by atoms with Gasteiger partial charge >= 0.3 is 0 Å². The molecule has 0 spiro atoms. The van der Waals surface area contributed by atoms with Gasteiger partial charge in [-0.05, 0) is 31.9 Å². The maximum absolute atomic E-state index is 9.07. The highest BCUT2D eigenvalue weighted by molar-refractivity contribution is 5.54. The van der Waals surface area contributed by atoms with Crippen LogP contribution in [0.4, 0.5) is 5.69 Å². The zero-order valence-corrected chi connectivity index (χ0v) is 11.3. The number of aryl methyl sites for hydroxylation is 2. The number of aromatic nitrogens is 2. The lowest BCUT2D eigenvalue weighted by atomic mass is 10.1. The average Bonchev–Trinajstić information content (AvgIpc) is 2.69. The number of hydrogen-bond acceptors (Lipinski definition) is 4. The molecule has 1 aromatic heterocycles. The first-order chi connectivity index (χ1) is 9.17. The summed E-state index contributed by atoms with van der Waals surface area (Å²) in [4.78, 5) is 0. The Balaban J connectivity index is 2.36. The third kappa shape index (κ3) is 2.71. The van der Waals surface area contributed by atoms with Gasteiger partial charge in [0.05, 0.1) is 5.69 Å². The van der Waals surface area contributed by atoms with E-state index >= 15 is 0 Å². The molecule has 5 nitrogen and oxygen atoms in total. The Morgan fingerprint density at radius 1 is 1.37 bits per heavy atom. The molecule has 1 heterocycles. The van der Waals surface area contributed by atoms with Crippen LogP contribution in [-0.2, 0) is 13.0 Å². The molecule has 19 heavy (non-hydrogen) atoms. The fourth-order valence-corrected chi connectivity index (χ4v) is 1.93. The highest BCUT2D eigenvalue weighted by Gasteiger charge is 2.15. The lowest BCUT2D eigenvalue weighted by Crippen LogP contribution is -2.02. The van der Waals surface area contributed by atoms with Gasteiger partial charge in [0.15, 0.2) is 0 Å². The Morgan fingerprint density at radius 3 is 2.79 bits per heavy atom. The van der Waals surface area contributed by atoms with Gasteiger partial charge in [-0.3, -0.25) is 0 Å². The van der Waals surface area contributed by atoms with E-state index in [1.807, 2.05) is 38.1 Å². The van der Waals surface area contributed by atoms with Crippen molar-refractivity contribution < 1.29 is 9.84 Å². The molecule has 2 rings (SSSR count). The first kappa shape index (κ1) is 13.4. The minimum Gasteiger partial charge on any atom is -0.437 e. The lowest BCUT2D eigenvalue weighted by Gasteiger charge is -2.11. The van der Waals surface area contributed by atoms with Crippen LogP contribution < -0.4 is 10.5 Å². The maximum atomic E-state index is 9.07. The number of aliphatic hydroxyl groups is 1. The van der Waals surface area contributed by atoms with Crippen LogP contribution in [0.1, 0.15) is 18.2 Å². The largest absolute Gasteiger partial charge is 0.437 e. The fraction of sp³-hybridized carbons (Fsp3) is 0.357.